The third-order valence-corrected chi connectivity index (χ3v) is 9.65. The third kappa shape index (κ3) is 6.48. The molecule has 2 atom stereocenters. The van der Waals surface area contributed by atoms with Crippen molar-refractivity contribution in [3.63, 3.8) is 0 Å². The summed E-state index contributed by atoms with van der Waals surface area (Å²) in [5.41, 5.74) is 2.54. The number of anilines is 3. The van der Waals surface area contributed by atoms with Gasteiger partial charge < -0.3 is 24.7 Å². The van der Waals surface area contributed by atoms with E-state index >= 15 is 0 Å². The van der Waals surface area contributed by atoms with Gasteiger partial charge in [0.15, 0.2) is 11.4 Å². The highest BCUT2D eigenvalue weighted by Gasteiger charge is 2.52. The molecular weight excluding hydrogens is 654 g/mol. The quantitative estimate of drug-likeness (QED) is 0.143. The van der Waals surface area contributed by atoms with Crippen molar-refractivity contribution in [3.8, 4) is 11.5 Å². The maximum atomic E-state index is 14.3. The van der Waals surface area contributed by atoms with Crippen molar-refractivity contribution in [1.29, 1.82) is 0 Å². The van der Waals surface area contributed by atoms with Crippen molar-refractivity contribution in [1.82, 2.24) is 4.90 Å². The molecule has 0 bridgehead atoms. The molecular formula is C43H39N3O6. The second kappa shape index (κ2) is 14.7. The number of carbonyl (C=O) groups excluding carboxylic acids is 3. The fraction of sp³-hybridized carbons (Fsp3) is 0.186. The van der Waals surface area contributed by atoms with Crippen LogP contribution in [0.3, 0.4) is 0 Å². The van der Waals surface area contributed by atoms with Crippen molar-refractivity contribution < 1.29 is 29.3 Å². The Labute approximate surface area is 302 Å². The maximum Gasteiger partial charge on any atom is 0.266 e. The molecule has 0 spiro atoms. The SMILES string of the molecule is C[C@H](/C=C/CC(=O)N(CCO)Cc1ccccc1)[C@@]1(O)C(=O)N(Cc2cccc(N3C(=O)c4ccccc4Oc4ccccc43)c2)c2ccccc21. The van der Waals surface area contributed by atoms with Crippen LogP contribution in [0.15, 0.2) is 140 Å². The van der Waals surface area contributed by atoms with Gasteiger partial charge in [-0.15, -0.1) is 0 Å². The summed E-state index contributed by atoms with van der Waals surface area (Å²) in [7, 11) is 0. The fourth-order valence-corrected chi connectivity index (χ4v) is 6.96. The zero-order valence-corrected chi connectivity index (χ0v) is 28.8. The molecule has 5 aromatic rings. The minimum absolute atomic E-state index is 0.0491. The number of carbonyl (C=O) groups is 3. The molecule has 0 fully saturated rings. The Balaban J connectivity index is 1.12. The van der Waals surface area contributed by atoms with Gasteiger partial charge in [0.25, 0.3) is 11.8 Å². The second-order valence-corrected chi connectivity index (χ2v) is 13.0. The minimum Gasteiger partial charge on any atom is -0.454 e. The van der Waals surface area contributed by atoms with E-state index in [0.717, 1.165) is 11.1 Å². The molecule has 0 radical (unpaired) electrons. The van der Waals surface area contributed by atoms with E-state index in [1.807, 2.05) is 97.1 Å². The van der Waals surface area contributed by atoms with E-state index in [1.165, 1.54) is 0 Å². The lowest BCUT2D eigenvalue weighted by atomic mass is 9.83. The van der Waals surface area contributed by atoms with Gasteiger partial charge in [-0.1, -0.05) is 104 Å². The zero-order chi connectivity index (χ0) is 36.2. The lowest BCUT2D eigenvalue weighted by Gasteiger charge is -2.28. The van der Waals surface area contributed by atoms with Gasteiger partial charge in [0.1, 0.15) is 5.75 Å². The molecule has 262 valence electrons. The number of rotatable bonds is 11. The van der Waals surface area contributed by atoms with Gasteiger partial charge in [0.2, 0.25) is 5.91 Å². The highest BCUT2D eigenvalue weighted by Crippen LogP contribution is 2.46. The summed E-state index contributed by atoms with van der Waals surface area (Å²) in [5, 5.41) is 21.7. The Kier molecular flexibility index (Phi) is 9.71. The zero-order valence-electron chi connectivity index (χ0n) is 28.8. The van der Waals surface area contributed by atoms with E-state index in [0.29, 0.717) is 46.2 Å². The number of hydrogen-bond donors (Lipinski definition) is 2. The summed E-state index contributed by atoms with van der Waals surface area (Å²) < 4.78 is 6.17. The molecule has 0 saturated carbocycles. The van der Waals surface area contributed by atoms with Gasteiger partial charge in [-0.25, -0.2) is 0 Å². The molecule has 9 heteroatoms. The number of para-hydroxylation sites is 4. The van der Waals surface area contributed by atoms with Gasteiger partial charge >= 0.3 is 0 Å². The maximum absolute atomic E-state index is 14.3. The average Bonchev–Trinajstić information content (AvgIpc) is 3.29. The minimum atomic E-state index is -1.87. The first-order chi connectivity index (χ1) is 25.3. The topological polar surface area (TPSA) is 111 Å². The van der Waals surface area contributed by atoms with Crippen LogP contribution in [0.2, 0.25) is 0 Å². The molecule has 0 aliphatic carbocycles. The van der Waals surface area contributed by atoms with Crippen LogP contribution >= 0.6 is 0 Å². The van der Waals surface area contributed by atoms with E-state index in [9.17, 15) is 24.6 Å². The number of aliphatic hydroxyl groups excluding tert-OH is 1. The molecule has 2 N–H and O–H groups in total. The molecule has 2 heterocycles. The lowest BCUT2D eigenvalue weighted by Crippen LogP contribution is -2.44. The Bertz CT molecular complexity index is 2150. The predicted octanol–water partition coefficient (Wildman–Crippen LogP) is 7.11. The number of ether oxygens (including phenoxy) is 1. The van der Waals surface area contributed by atoms with E-state index in [4.69, 9.17) is 4.74 Å². The van der Waals surface area contributed by atoms with Crippen molar-refractivity contribution >= 4 is 34.8 Å². The second-order valence-electron chi connectivity index (χ2n) is 13.0. The summed E-state index contributed by atoms with van der Waals surface area (Å²) in [6.45, 7) is 2.31. The lowest BCUT2D eigenvalue weighted by molar-refractivity contribution is -0.139. The standard InChI is InChI=1S/C43H39N3O6/c1-30(13-11-24-40(48)44(25-26-47)28-31-14-3-2-4-15-31)43(51)35-19-6-7-20-36(35)45(42(43)50)29-32-16-12-17-33(27-32)46-37-21-8-10-23-39(37)52-38-22-9-5-18-34(38)41(46)49/h2-23,27,30,47,51H,24-26,28-29H2,1H3/b13-11+/t30-,43+/m1/s1. The van der Waals surface area contributed by atoms with E-state index in [2.05, 4.69) is 0 Å². The van der Waals surface area contributed by atoms with Crippen molar-refractivity contribution in [2.45, 2.75) is 32.0 Å². The highest BCUT2D eigenvalue weighted by atomic mass is 16.5. The van der Waals surface area contributed by atoms with Crippen LogP contribution in [-0.2, 0) is 28.3 Å². The molecule has 52 heavy (non-hydrogen) atoms. The largest absolute Gasteiger partial charge is 0.454 e. The molecule has 2 aliphatic heterocycles. The van der Waals surface area contributed by atoms with E-state index in [1.54, 1.807) is 64.1 Å². The number of aliphatic hydroxyl groups is 2. The van der Waals surface area contributed by atoms with Crippen molar-refractivity contribution in [3.05, 3.63) is 162 Å². The molecule has 0 unspecified atom stereocenters. The Morgan fingerprint density at radius 3 is 2.29 bits per heavy atom. The normalized spacial score (nSPS) is 16.9. The first kappa shape index (κ1) is 34.4. The Morgan fingerprint density at radius 2 is 1.50 bits per heavy atom. The summed E-state index contributed by atoms with van der Waals surface area (Å²) in [6, 6.07) is 38.7. The van der Waals surface area contributed by atoms with E-state index in [-0.39, 0.29) is 37.9 Å². The summed E-state index contributed by atoms with van der Waals surface area (Å²) in [5.74, 6) is -0.550. The van der Waals surface area contributed by atoms with Crippen LogP contribution in [0.4, 0.5) is 17.1 Å². The third-order valence-electron chi connectivity index (χ3n) is 9.65. The van der Waals surface area contributed by atoms with Crippen LogP contribution in [0.5, 0.6) is 11.5 Å². The first-order valence-electron chi connectivity index (χ1n) is 17.3. The number of nitrogens with zero attached hydrogens (tertiary/aromatic N) is 3. The molecule has 7 rings (SSSR count). The number of fused-ring (bicyclic) bond motifs is 3. The molecule has 9 nitrogen and oxygen atoms in total. The predicted molar refractivity (Wildman–Crippen MR) is 199 cm³/mol. The monoisotopic (exact) mass is 693 g/mol. The van der Waals surface area contributed by atoms with Gasteiger partial charge in [0.05, 0.1) is 30.1 Å². The molecule has 2 aliphatic rings. The van der Waals surface area contributed by atoms with Crippen LogP contribution in [0, 0.1) is 5.92 Å². The first-order valence-corrected chi connectivity index (χ1v) is 17.3. The van der Waals surface area contributed by atoms with Crippen LogP contribution in [-0.4, -0.2) is 46.0 Å². The summed E-state index contributed by atoms with van der Waals surface area (Å²) >= 11 is 0. The van der Waals surface area contributed by atoms with Gasteiger partial charge in [0, 0.05) is 36.7 Å². The molecule has 5 aromatic carbocycles. The van der Waals surface area contributed by atoms with Gasteiger partial charge in [-0.3, -0.25) is 19.3 Å². The van der Waals surface area contributed by atoms with Crippen molar-refractivity contribution in [2.24, 2.45) is 5.92 Å². The summed E-state index contributed by atoms with van der Waals surface area (Å²) in [6.07, 6.45) is 3.44. The Hall–Kier alpha value is -6.03. The van der Waals surface area contributed by atoms with Crippen LogP contribution in [0.1, 0.15) is 40.4 Å². The van der Waals surface area contributed by atoms with Crippen molar-refractivity contribution in [2.75, 3.05) is 23.0 Å². The van der Waals surface area contributed by atoms with E-state index < -0.39 is 17.4 Å². The fourth-order valence-electron chi connectivity index (χ4n) is 6.96. The van der Waals surface area contributed by atoms with Gasteiger partial charge in [-0.2, -0.15) is 0 Å². The number of benzene rings is 5. The summed E-state index contributed by atoms with van der Waals surface area (Å²) in [4.78, 5) is 46.2. The van der Waals surface area contributed by atoms with Crippen LogP contribution in [0.25, 0.3) is 0 Å². The molecule has 0 aromatic heterocycles. The molecule has 3 amide bonds. The van der Waals surface area contributed by atoms with Crippen LogP contribution < -0.4 is 14.5 Å². The Morgan fingerprint density at radius 1 is 0.827 bits per heavy atom. The molecule has 0 saturated heterocycles. The van der Waals surface area contributed by atoms with Gasteiger partial charge in [-0.05, 0) is 53.6 Å². The highest BCUT2D eigenvalue weighted by molar-refractivity contribution is 6.14. The number of hydrogen-bond acceptors (Lipinski definition) is 6. The smallest absolute Gasteiger partial charge is 0.266 e. The number of amides is 3. The average molecular weight is 694 g/mol.